The smallest absolute Gasteiger partial charge is 0.333 e. The van der Waals surface area contributed by atoms with E-state index in [1.165, 1.54) is 14.2 Å². The summed E-state index contributed by atoms with van der Waals surface area (Å²) >= 11 is 13.0. The molecule has 2 aromatic heterocycles. The maximum Gasteiger partial charge on any atom is 0.333 e. The third-order valence-corrected chi connectivity index (χ3v) is 8.95. The van der Waals surface area contributed by atoms with Crippen molar-refractivity contribution in [2.24, 2.45) is 0 Å². The highest BCUT2D eigenvalue weighted by Crippen LogP contribution is 2.34. The van der Waals surface area contributed by atoms with Crippen LogP contribution in [0, 0.1) is 13.8 Å². The number of aromatic nitrogens is 2. The number of nitrogens with one attached hydrogen (secondary N) is 1. The topological polar surface area (TPSA) is 190 Å². The Balaban J connectivity index is 1.46. The minimum Gasteiger partial charge on any atom is -0.481 e. The monoisotopic (exact) mass is 757 g/mol. The predicted octanol–water partition coefficient (Wildman–Crippen LogP) is 5.55. The zero-order chi connectivity index (χ0) is 37.9. The summed E-state index contributed by atoms with van der Waals surface area (Å²) in [5.41, 5.74) is 7.04. The van der Waals surface area contributed by atoms with Gasteiger partial charge in [0.15, 0.2) is 12.2 Å². The van der Waals surface area contributed by atoms with E-state index in [9.17, 15) is 19.8 Å². The first-order valence-corrected chi connectivity index (χ1v) is 17.0. The van der Waals surface area contributed by atoms with E-state index >= 15 is 0 Å². The molecule has 2 aromatic carbocycles. The number of hydrogen-bond acceptors (Lipinski definition) is 11. The van der Waals surface area contributed by atoms with Gasteiger partial charge in [-0.1, -0.05) is 59.6 Å². The molecule has 0 aliphatic carbocycles. The number of aryl methyl sites for hydroxylation is 1. The van der Waals surface area contributed by atoms with Crippen molar-refractivity contribution < 1.29 is 49.0 Å². The van der Waals surface area contributed by atoms with Crippen molar-refractivity contribution in [1.82, 2.24) is 15.3 Å². The quantitative estimate of drug-likeness (QED) is 0.0802. The number of rotatable bonds is 19. The van der Waals surface area contributed by atoms with Gasteiger partial charge in [0, 0.05) is 24.2 Å². The van der Waals surface area contributed by atoms with E-state index in [4.69, 9.17) is 52.4 Å². The molecule has 0 saturated carbocycles. The Bertz CT molecular complexity index is 1760. The van der Waals surface area contributed by atoms with E-state index in [1.807, 2.05) is 50.2 Å². The second-order valence-electron chi connectivity index (χ2n) is 11.9. The standard InChI is InChI=1S/C37H41Cl2N3O10/c1-20-23(18-51-34-28(38)14-22(32(41-34)49-3)8-7-13-30(43)36(45)46)9-5-11-26(20)27-12-6-10-24(21(27)2)19-52-35-29(39)15-25(33(42-35)50-4)16-40-17-31(44)37(47)48/h5-6,9-12,14-15,30-31,40,43-44H,7-8,13,16-19H2,1-4H3,(H,45,46)(H,47,48)/t30-,31-/m1/s1. The van der Waals surface area contributed by atoms with Crippen LogP contribution in [0.5, 0.6) is 23.5 Å². The van der Waals surface area contributed by atoms with Gasteiger partial charge in [0.2, 0.25) is 23.5 Å². The number of methoxy groups -OCH3 is 2. The van der Waals surface area contributed by atoms with Crippen LogP contribution in [0.25, 0.3) is 11.1 Å². The van der Waals surface area contributed by atoms with Crippen LogP contribution in [0.15, 0.2) is 48.5 Å². The van der Waals surface area contributed by atoms with Crippen LogP contribution in [-0.4, -0.2) is 75.3 Å². The molecule has 2 heterocycles. The van der Waals surface area contributed by atoms with Gasteiger partial charge in [-0.2, -0.15) is 9.97 Å². The summed E-state index contributed by atoms with van der Waals surface area (Å²) in [5, 5.41) is 40.2. The zero-order valence-corrected chi connectivity index (χ0v) is 30.6. The van der Waals surface area contributed by atoms with E-state index < -0.39 is 24.1 Å². The Hall–Kier alpha value is -4.66. The van der Waals surface area contributed by atoms with E-state index in [0.29, 0.717) is 29.8 Å². The summed E-state index contributed by atoms with van der Waals surface area (Å²) < 4.78 is 22.9. The van der Waals surface area contributed by atoms with E-state index in [0.717, 1.165) is 33.4 Å². The molecule has 4 aromatic rings. The zero-order valence-electron chi connectivity index (χ0n) is 29.1. The van der Waals surface area contributed by atoms with Gasteiger partial charge in [0.1, 0.15) is 23.3 Å². The normalized spacial score (nSPS) is 12.2. The fraction of sp³-hybridized carbons (Fsp3) is 0.351. The predicted molar refractivity (Wildman–Crippen MR) is 194 cm³/mol. The molecule has 0 unspecified atom stereocenters. The first-order valence-electron chi connectivity index (χ1n) is 16.3. The number of carbonyl (C=O) groups is 2. The molecule has 0 aliphatic heterocycles. The van der Waals surface area contributed by atoms with Crippen LogP contribution in [0.2, 0.25) is 10.0 Å². The minimum atomic E-state index is -1.55. The van der Waals surface area contributed by atoms with Crippen LogP contribution < -0.4 is 24.3 Å². The van der Waals surface area contributed by atoms with E-state index in [-0.39, 0.29) is 60.4 Å². The molecule has 2 atom stereocenters. The molecule has 0 aliphatic rings. The summed E-state index contributed by atoms with van der Waals surface area (Å²) in [6.45, 7) is 4.36. The third kappa shape index (κ3) is 10.2. The maximum absolute atomic E-state index is 10.9. The molecule has 15 heteroatoms. The number of carboxylic acids is 2. The van der Waals surface area contributed by atoms with Crippen molar-refractivity contribution >= 4 is 35.1 Å². The number of ether oxygens (including phenoxy) is 4. The van der Waals surface area contributed by atoms with Crippen molar-refractivity contribution in [3.63, 3.8) is 0 Å². The number of aliphatic carboxylic acids is 2. The molecule has 0 amide bonds. The molecular formula is C37H41Cl2N3O10. The molecule has 5 N–H and O–H groups in total. The number of pyridine rings is 2. The number of nitrogens with zero attached hydrogens (tertiary/aromatic N) is 2. The largest absolute Gasteiger partial charge is 0.481 e. The number of aliphatic hydroxyl groups is 2. The van der Waals surface area contributed by atoms with Crippen molar-refractivity contribution in [1.29, 1.82) is 0 Å². The van der Waals surface area contributed by atoms with Crippen molar-refractivity contribution in [2.75, 3.05) is 20.8 Å². The lowest BCUT2D eigenvalue weighted by Crippen LogP contribution is -2.32. The number of carboxylic acid groups (broad SMARTS) is 2. The molecule has 278 valence electrons. The SMILES string of the molecule is COc1nc(OCc2cccc(-c3cccc(COc4nc(OC)c(CNC[C@@H](O)C(=O)O)cc4Cl)c3C)c2C)c(Cl)cc1CCC[C@@H](O)C(=O)O. The summed E-state index contributed by atoms with van der Waals surface area (Å²) in [4.78, 5) is 30.6. The minimum absolute atomic E-state index is 0.0829. The molecular weight excluding hydrogens is 717 g/mol. The number of hydrogen-bond donors (Lipinski definition) is 5. The van der Waals surface area contributed by atoms with E-state index in [2.05, 4.69) is 15.3 Å². The van der Waals surface area contributed by atoms with Gasteiger partial charge in [0.25, 0.3) is 0 Å². The van der Waals surface area contributed by atoms with Crippen LogP contribution in [0.4, 0.5) is 0 Å². The highest BCUT2D eigenvalue weighted by Gasteiger charge is 2.19. The molecule has 0 bridgehead atoms. The fourth-order valence-electron chi connectivity index (χ4n) is 5.45. The van der Waals surface area contributed by atoms with Crippen LogP contribution >= 0.6 is 23.2 Å². The van der Waals surface area contributed by atoms with Gasteiger partial charge in [-0.25, -0.2) is 9.59 Å². The Labute approximate surface area is 311 Å². The second kappa shape index (κ2) is 18.7. The van der Waals surface area contributed by atoms with Crippen LogP contribution in [0.3, 0.4) is 0 Å². The Kier molecular flexibility index (Phi) is 14.4. The van der Waals surface area contributed by atoms with Crippen LogP contribution in [-0.2, 0) is 35.8 Å². The maximum atomic E-state index is 10.9. The van der Waals surface area contributed by atoms with Gasteiger partial charge in [-0.3, -0.25) is 0 Å². The van der Waals surface area contributed by atoms with Gasteiger partial charge in [-0.05, 0) is 78.6 Å². The first-order chi connectivity index (χ1) is 24.8. The summed E-state index contributed by atoms with van der Waals surface area (Å²) in [7, 11) is 2.92. The Morgan fingerprint density at radius 3 is 1.69 bits per heavy atom. The van der Waals surface area contributed by atoms with Gasteiger partial charge in [0.05, 0.1) is 14.2 Å². The molecule has 0 saturated heterocycles. The van der Waals surface area contributed by atoms with Crippen molar-refractivity contribution in [3.05, 3.63) is 92.0 Å². The number of halogens is 2. The summed E-state index contributed by atoms with van der Waals surface area (Å²) in [5.74, 6) is -1.68. The molecule has 13 nitrogen and oxygen atoms in total. The lowest BCUT2D eigenvalue weighted by Gasteiger charge is -2.18. The number of aliphatic hydroxyl groups excluding tert-OH is 2. The van der Waals surface area contributed by atoms with Crippen molar-refractivity contribution in [3.8, 4) is 34.6 Å². The van der Waals surface area contributed by atoms with Gasteiger partial charge < -0.3 is 44.7 Å². The molecule has 52 heavy (non-hydrogen) atoms. The Morgan fingerprint density at radius 2 is 1.21 bits per heavy atom. The van der Waals surface area contributed by atoms with Gasteiger partial charge in [-0.15, -0.1) is 0 Å². The summed E-state index contributed by atoms with van der Waals surface area (Å²) in [6, 6.07) is 15.2. The molecule has 0 radical (unpaired) electrons. The summed E-state index contributed by atoms with van der Waals surface area (Å²) in [6.07, 6.45) is -2.09. The highest BCUT2D eigenvalue weighted by atomic mass is 35.5. The average Bonchev–Trinajstić information content (AvgIpc) is 3.11. The van der Waals surface area contributed by atoms with Crippen molar-refractivity contribution in [2.45, 2.75) is 65.1 Å². The second-order valence-corrected chi connectivity index (χ2v) is 12.7. The third-order valence-electron chi connectivity index (χ3n) is 8.41. The van der Waals surface area contributed by atoms with Gasteiger partial charge >= 0.3 is 11.9 Å². The molecule has 0 fully saturated rings. The lowest BCUT2D eigenvalue weighted by atomic mass is 9.92. The lowest BCUT2D eigenvalue weighted by molar-refractivity contribution is -0.147. The first kappa shape index (κ1) is 40.1. The van der Waals surface area contributed by atoms with E-state index in [1.54, 1.807) is 12.1 Å². The molecule has 4 rings (SSSR count). The fourth-order valence-corrected chi connectivity index (χ4v) is 5.90. The number of benzene rings is 2. The molecule has 0 spiro atoms. The van der Waals surface area contributed by atoms with Crippen LogP contribution in [0.1, 0.15) is 46.2 Å². The Morgan fingerprint density at radius 1 is 0.731 bits per heavy atom. The highest BCUT2D eigenvalue weighted by molar-refractivity contribution is 6.32. The average molecular weight is 759 g/mol.